The van der Waals surface area contributed by atoms with Crippen LogP contribution in [0.5, 0.6) is 5.75 Å². The molecule has 1 aromatic carbocycles. The van der Waals surface area contributed by atoms with Gasteiger partial charge in [0.1, 0.15) is 5.54 Å². The molecule has 4 heterocycles. The Morgan fingerprint density at radius 1 is 1.37 bits per heavy atom. The Morgan fingerprint density at radius 2 is 2.21 bits per heavy atom. The fourth-order valence-corrected chi connectivity index (χ4v) is 5.13. The van der Waals surface area contributed by atoms with Gasteiger partial charge in [-0.15, -0.1) is 0 Å². The van der Waals surface area contributed by atoms with Crippen molar-refractivity contribution in [3.63, 3.8) is 0 Å². The first-order chi connectivity index (χ1) is 18.4. The summed E-state index contributed by atoms with van der Waals surface area (Å²) in [6.45, 7) is 6.69. The number of pyridine rings is 1. The van der Waals surface area contributed by atoms with Crippen molar-refractivity contribution in [1.82, 2.24) is 20.2 Å². The number of aromatic amines is 1. The van der Waals surface area contributed by atoms with Gasteiger partial charge < -0.3 is 25.3 Å². The monoisotopic (exact) mass is 513 g/mol. The minimum Gasteiger partial charge on any atom is -0.492 e. The van der Waals surface area contributed by atoms with Crippen molar-refractivity contribution >= 4 is 23.2 Å². The average Bonchev–Trinajstić information content (AvgIpc) is 3.49. The number of anilines is 2. The number of ether oxygens (including phenoxy) is 1. The van der Waals surface area contributed by atoms with Crippen molar-refractivity contribution < 1.29 is 18.7 Å². The molecule has 5 rings (SSSR count). The molecule has 2 aliphatic rings. The van der Waals surface area contributed by atoms with Crippen LogP contribution in [0.3, 0.4) is 0 Å². The number of hydrogen-bond acceptors (Lipinski definition) is 5. The average molecular weight is 514 g/mol. The van der Waals surface area contributed by atoms with Crippen LogP contribution in [0, 0.1) is 17.7 Å². The van der Waals surface area contributed by atoms with E-state index in [1.54, 1.807) is 29.4 Å². The predicted molar refractivity (Wildman–Crippen MR) is 143 cm³/mol. The number of carbonyl (C=O) groups is 2. The SMILES string of the molecule is C=CC(=O)N1CCC[C@]1(C)C#Cc1cnccc1-c1[nH]c2c(c1Nc1cccc(F)c1OC)C(=O)NCC2. The summed E-state index contributed by atoms with van der Waals surface area (Å²) in [6.07, 6.45) is 6.84. The number of amides is 2. The summed E-state index contributed by atoms with van der Waals surface area (Å²) in [5, 5.41) is 6.12. The Morgan fingerprint density at radius 3 is 3.00 bits per heavy atom. The van der Waals surface area contributed by atoms with Gasteiger partial charge in [-0.2, -0.15) is 0 Å². The molecule has 0 aliphatic carbocycles. The number of nitrogens with zero attached hydrogens (tertiary/aromatic N) is 2. The van der Waals surface area contributed by atoms with Gasteiger partial charge in [0, 0.05) is 43.2 Å². The molecular weight excluding hydrogens is 485 g/mol. The number of nitrogens with one attached hydrogen (secondary N) is 3. The third-order valence-electron chi connectivity index (χ3n) is 7.03. The third kappa shape index (κ3) is 4.39. The molecule has 0 bridgehead atoms. The van der Waals surface area contributed by atoms with E-state index in [-0.39, 0.29) is 17.6 Å². The Hall–Kier alpha value is -4.58. The van der Waals surface area contributed by atoms with Crippen LogP contribution in [0.15, 0.2) is 49.3 Å². The highest BCUT2D eigenvalue weighted by molar-refractivity contribution is 6.06. The number of likely N-dealkylation sites (tertiary alicyclic amines) is 1. The summed E-state index contributed by atoms with van der Waals surface area (Å²) >= 11 is 0. The van der Waals surface area contributed by atoms with E-state index in [4.69, 9.17) is 4.74 Å². The predicted octanol–water partition coefficient (Wildman–Crippen LogP) is 4.17. The number of aromatic nitrogens is 2. The van der Waals surface area contributed by atoms with Crippen LogP contribution in [-0.2, 0) is 11.2 Å². The second-order valence-corrected chi connectivity index (χ2v) is 9.42. The van der Waals surface area contributed by atoms with Gasteiger partial charge in [-0.3, -0.25) is 14.6 Å². The largest absolute Gasteiger partial charge is 0.492 e. The van der Waals surface area contributed by atoms with E-state index in [0.717, 1.165) is 24.1 Å². The first-order valence-corrected chi connectivity index (χ1v) is 12.4. The molecule has 38 heavy (non-hydrogen) atoms. The summed E-state index contributed by atoms with van der Waals surface area (Å²) in [5.74, 6) is 5.68. The second kappa shape index (κ2) is 10.1. The number of benzene rings is 1. The summed E-state index contributed by atoms with van der Waals surface area (Å²) < 4.78 is 19.8. The smallest absolute Gasteiger partial charge is 0.255 e. The Labute approximate surface area is 220 Å². The Bertz CT molecular complexity index is 1500. The van der Waals surface area contributed by atoms with Crippen LogP contribution < -0.4 is 15.4 Å². The zero-order chi connectivity index (χ0) is 26.9. The molecule has 2 amide bonds. The summed E-state index contributed by atoms with van der Waals surface area (Å²) in [7, 11) is 1.39. The number of methoxy groups -OCH3 is 1. The van der Waals surface area contributed by atoms with Crippen molar-refractivity contribution in [2.75, 3.05) is 25.5 Å². The molecule has 0 saturated carbocycles. The molecule has 0 spiro atoms. The lowest BCUT2D eigenvalue weighted by Crippen LogP contribution is -2.43. The maximum atomic E-state index is 14.5. The highest BCUT2D eigenvalue weighted by atomic mass is 19.1. The second-order valence-electron chi connectivity index (χ2n) is 9.42. The van der Waals surface area contributed by atoms with Crippen LogP contribution in [-0.4, -0.2) is 52.4 Å². The van der Waals surface area contributed by atoms with Gasteiger partial charge in [-0.05, 0) is 44.0 Å². The zero-order valence-electron chi connectivity index (χ0n) is 21.3. The third-order valence-corrected chi connectivity index (χ3v) is 7.03. The van der Waals surface area contributed by atoms with Crippen molar-refractivity contribution in [3.8, 4) is 28.8 Å². The maximum Gasteiger partial charge on any atom is 0.255 e. The fraction of sp³-hybridized carbons (Fsp3) is 0.276. The topological polar surface area (TPSA) is 99.3 Å². The molecule has 0 radical (unpaired) electrons. The molecule has 8 nitrogen and oxygen atoms in total. The minimum atomic E-state index is -0.636. The summed E-state index contributed by atoms with van der Waals surface area (Å²) in [5.41, 5.74) is 3.43. The molecular formula is C29H28FN5O3. The number of fused-ring (bicyclic) bond motifs is 1. The van der Waals surface area contributed by atoms with E-state index in [0.29, 0.717) is 47.7 Å². The summed E-state index contributed by atoms with van der Waals surface area (Å²) in [6, 6.07) is 6.38. The molecule has 0 unspecified atom stereocenters. The molecule has 1 atom stereocenters. The van der Waals surface area contributed by atoms with Gasteiger partial charge in [0.25, 0.3) is 5.91 Å². The normalized spacial score (nSPS) is 18.2. The molecule has 1 saturated heterocycles. The molecule has 9 heteroatoms. The van der Waals surface area contributed by atoms with Gasteiger partial charge in [-0.25, -0.2) is 4.39 Å². The number of para-hydroxylation sites is 1. The Kier molecular flexibility index (Phi) is 6.64. The van der Waals surface area contributed by atoms with Crippen LogP contribution in [0.25, 0.3) is 11.3 Å². The highest BCUT2D eigenvalue weighted by Crippen LogP contribution is 2.40. The number of hydrogen-bond donors (Lipinski definition) is 3. The lowest BCUT2D eigenvalue weighted by molar-refractivity contribution is -0.127. The van der Waals surface area contributed by atoms with Gasteiger partial charge in [0.15, 0.2) is 11.6 Å². The van der Waals surface area contributed by atoms with Crippen LogP contribution in [0.1, 0.15) is 41.4 Å². The molecule has 2 aromatic heterocycles. The van der Waals surface area contributed by atoms with Gasteiger partial charge in [0.05, 0.1) is 35.3 Å². The van der Waals surface area contributed by atoms with E-state index >= 15 is 0 Å². The van der Waals surface area contributed by atoms with Crippen molar-refractivity contribution in [2.45, 2.75) is 31.7 Å². The molecule has 3 N–H and O–H groups in total. The minimum absolute atomic E-state index is 0.0421. The lowest BCUT2D eigenvalue weighted by atomic mass is 9.97. The van der Waals surface area contributed by atoms with Crippen LogP contribution >= 0.6 is 0 Å². The number of carbonyl (C=O) groups excluding carboxylic acids is 2. The molecule has 194 valence electrons. The zero-order valence-corrected chi connectivity index (χ0v) is 21.3. The van der Waals surface area contributed by atoms with Crippen molar-refractivity contribution in [1.29, 1.82) is 0 Å². The quantitative estimate of drug-likeness (QED) is 0.351. The standard InChI is InChI=1S/C29H28FN5O3/c1-4-23(36)35-16-6-12-29(35,2)13-9-18-17-31-14-10-19(18)25-26(24-21(33-25)11-15-32-28(24)37)34-22-8-5-7-20(30)27(22)38-3/h4-5,7-8,10,14,17,33-34H,1,6,11-12,15-16H2,2-3H3,(H,32,37)/t29-/m1/s1. The molecule has 1 fully saturated rings. The number of rotatable bonds is 5. The maximum absolute atomic E-state index is 14.5. The van der Waals surface area contributed by atoms with Gasteiger partial charge in [0.2, 0.25) is 5.91 Å². The molecule has 2 aliphatic heterocycles. The van der Waals surface area contributed by atoms with Gasteiger partial charge >= 0.3 is 0 Å². The number of H-pyrrole nitrogens is 1. The van der Waals surface area contributed by atoms with Crippen molar-refractivity contribution in [2.24, 2.45) is 0 Å². The Balaban J connectivity index is 1.63. The van der Waals surface area contributed by atoms with E-state index < -0.39 is 11.4 Å². The van der Waals surface area contributed by atoms with Gasteiger partial charge in [-0.1, -0.05) is 24.5 Å². The lowest BCUT2D eigenvalue weighted by Gasteiger charge is -2.29. The van der Waals surface area contributed by atoms with Crippen molar-refractivity contribution in [3.05, 3.63) is 72.0 Å². The highest BCUT2D eigenvalue weighted by Gasteiger charge is 2.37. The fourth-order valence-electron chi connectivity index (χ4n) is 5.13. The first kappa shape index (κ1) is 25.1. The molecule has 3 aromatic rings. The van der Waals surface area contributed by atoms with E-state index in [1.807, 2.05) is 13.0 Å². The number of halogens is 1. The van der Waals surface area contributed by atoms with E-state index in [9.17, 15) is 14.0 Å². The van der Waals surface area contributed by atoms with Crippen LogP contribution in [0.2, 0.25) is 0 Å². The van der Waals surface area contributed by atoms with Crippen LogP contribution in [0.4, 0.5) is 15.8 Å². The summed E-state index contributed by atoms with van der Waals surface area (Å²) in [4.78, 5) is 34.8. The van der Waals surface area contributed by atoms with E-state index in [2.05, 4.69) is 39.0 Å². The van der Waals surface area contributed by atoms with E-state index in [1.165, 1.54) is 19.3 Å². The first-order valence-electron chi connectivity index (χ1n) is 12.4.